The van der Waals surface area contributed by atoms with Crippen LogP contribution in [0.1, 0.15) is 13.3 Å². The molecule has 0 bridgehead atoms. The molecule has 0 amide bonds. The van der Waals surface area contributed by atoms with Gasteiger partial charge < -0.3 is 20.2 Å². The van der Waals surface area contributed by atoms with Gasteiger partial charge in [-0.1, -0.05) is 6.92 Å². The predicted octanol–water partition coefficient (Wildman–Crippen LogP) is -1.66. The lowest BCUT2D eigenvalue weighted by Gasteiger charge is -1.69. The first-order valence-corrected chi connectivity index (χ1v) is 2.30. The zero-order valence-corrected chi connectivity index (χ0v) is 4.78. The quantitative estimate of drug-likeness (QED) is 0.313. The summed E-state index contributed by atoms with van der Waals surface area (Å²) in [5.74, 6) is 0. The maximum atomic E-state index is 7.88. The van der Waals surface area contributed by atoms with E-state index >= 15 is 0 Å². The minimum Gasteiger partial charge on any atom is -0.402 e. The molecule has 0 aliphatic heterocycles. The van der Waals surface area contributed by atoms with Gasteiger partial charge in [0.1, 0.15) is 0 Å². The fourth-order valence-electron chi connectivity index (χ4n) is 0. The first-order valence-electron chi connectivity index (χ1n) is 2.30. The molecule has 4 N–H and O–H groups in total. The summed E-state index contributed by atoms with van der Waals surface area (Å²) in [6.07, 6.45) is 0.875. The van der Waals surface area contributed by atoms with E-state index in [1.165, 1.54) is 0 Å². The van der Waals surface area contributed by atoms with Crippen LogP contribution in [-0.4, -0.2) is 34.1 Å². The third-order valence-electron chi connectivity index (χ3n) is 0.224. The summed E-state index contributed by atoms with van der Waals surface area (Å²) in [7, 11) is -2.17. The van der Waals surface area contributed by atoms with Crippen molar-refractivity contribution in [3.05, 3.63) is 0 Å². The molecule has 0 fully saturated rings. The lowest BCUT2D eigenvalue weighted by atomic mass is 10.3. The lowest BCUT2D eigenvalue weighted by molar-refractivity contribution is 0.278. The Labute approximate surface area is 48.6 Å². The van der Waals surface area contributed by atoms with Gasteiger partial charge in [0.05, 0.1) is 0 Å². The highest BCUT2D eigenvalue weighted by Crippen LogP contribution is 1.61. The molecular weight excluding hydrogens is 111 g/mol. The fraction of sp³-hybridized carbons (Fsp3) is 1.00. The van der Waals surface area contributed by atoms with Crippen LogP contribution in [0.4, 0.5) is 0 Å². The molecular formula is C3H11BO4. The maximum absolute atomic E-state index is 7.88. The summed E-state index contributed by atoms with van der Waals surface area (Å²) in [6.45, 7) is 2.25. The molecule has 50 valence electrons. The van der Waals surface area contributed by atoms with Crippen LogP contribution in [0.15, 0.2) is 0 Å². The molecule has 0 aromatic carbocycles. The maximum Gasteiger partial charge on any atom is 0.631 e. The molecule has 0 atom stereocenters. The zero-order valence-electron chi connectivity index (χ0n) is 4.78. The van der Waals surface area contributed by atoms with Crippen LogP contribution in [0.25, 0.3) is 0 Å². The molecule has 0 aliphatic carbocycles. The summed E-state index contributed by atoms with van der Waals surface area (Å²) >= 11 is 0. The van der Waals surface area contributed by atoms with E-state index in [2.05, 4.69) is 0 Å². The molecule has 0 spiro atoms. The van der Waals surface area contributed by atoms with E-state index in [0.717, 1.165) is 6.42 Å². The lowest BCUT2D eigenvalue weighted by Crippen LogP contribution is -2.07. The second kappa shape index (κ2) is 10.0. The molecule has 0 unspecified atom stereocenters. The number of aliphatic hydroxyl groups excluding tert-OH is 1. The highest BCUT2D eigenvalue weighted by atomic mass is 16.5. The third-order valence-corrected chi connectivity index (χ3v) is 0.224. The topological polar surface area (TPSA) is 80.9 Å². The van der Waals surface area contributed by atoms with Crippen LogP contribution in [0, 0.1) is 0 Å². The van der Waals surface area contributed by atoms with Crippen molar-refractivity contribution in [3.63, 3.8) is 0 Å². The molecule has 8 heavy (non-hydrogen) atoms. The number of hydrogen-bond donors (Lipinski definition) is 4. The van der Waals surface area contributed by atoms with Crippen LogP contribution in [0.3, 0.4) is 0 Å². The first-order chi connectivity index (χ1) is 3.65. The van der Waals surface area contributed by atoms with Crippen LogP contribution < -0.4 is 0 Å². The molecule has 0 heterocycles. The van der Waals surface area contributed by atoms with Crippen molar-refractivity contribution in [1.82, 2.24) is 0 Å². The molecule has 0 aliphatic rings. The van der Waals surface area contributed by atoms with Gasteiger partial charge in [-0.2, -0.15) is 0 Å². The van der Waals surface area contributed by atoms with E-state index in [0.29, 0.717) is 6.61 Å². The van der Waals surface area contributed by atoms with E-state index in [4.69, 9.17) is 20.2 Å². The standard InChI is InChI=1S/C3H8O.BH3O3/c1-2-3-4;2-1(3)4/h4H,2-3H2,1H3;2-4H. The molecule has 0 aromatic heterocycles. The molecule has 0 saturated heterocycles. The normalized spacial score (nSPS) is 7.12. The Morgan fingerprint density at radius 1 is 1.25 bits per heavy atom. The van der Waals surface area contributed by atoms with Crippen molar-refractivity contribution < 1.29 is 20.2 Å². The van der Waals surface area contributed by atoms with Gasteiger partial charge in [-0.15, -0.1) is 0 Å². The van der Waals surface area contributed by atoms with Crippen molar-refractivity contribution >= 4 is 7.32 Å². The van der Waals surface area contributed by atoms with Gasteiger partial charge in [0.25, 0.3) is 0 Å². The van der Waals surface area contributed by atoms with E-state index in [1.54, 1.807) is 0 Å². The third kappa shape index (κ3) is 173. The van der Waals surface area contributed by atoms with Crippen LogP contribution in [-0.2, 0) is 0 Å². The van der Waals surface area contributed by atoms with E-state index in [1.807, 2.05) is 6.92 Å². The molecule has 0 saturated carbocycles. The summed E-state index contributed by atoms with van der Waals surface area (Å²) in [5.41, 5.74) is 0. The van der Waals surface area contributed by atoms with Crippen LogP contribution in [0.2, 0.25) is 0 Å². The highest BCUT2D eigenvalue weighted by molar-refractivity contribution is 6.30. The van der Waals surface area contributed by atoms with E-state index in [9.17, 15) is 0 Å². The molecule has 0 radical (unpaired) electrons. The Kier molecular flexibility index (Phi) is 13.5. The average molecular weight is 122 g/mol. The fourth-order valence-corrected chi connectivity index (χ4v) is 0. The predicted molar refractivity (Wildman–Crippen MR) is 29.8 cm³/mol. The Morgan fingerprint density at radius 2 is 1.38 bits per heavy atom. The Hall–Kier alpha value is -0.0951. The molecule has 0 aromatic rings. The van der Waals surface area contributed by atoms with Gasteiger partial charge in [0, 0.05) is 6.61 Å². The first kappa shape index (κ1) is 10.8. The second-order valence-corrected chi connectivity index (χ2v) is 1.07. The largest absolute Gasteiger partial charge is 0.631 e. The molecule has 0 rings (SSSR count). The van der Waals surface area contributed by atoms with Crippen molar-refractivity contribution in [1.29, 1.82) is 0 Å². The monoisotopic (exact) mass is 122 g/mol. The molecule has 4 nitrogen and oxygen atoms in total. The van der Waals surface area contributed by atoms with Gasteiger partial charge in [-0.25, -0.2) is 0 Å². The summed E-state index contributed by atoms with van der Waals surface area (Å²) in [6, 6.07) is 0. The van der Waals surface area contributed by atoms with Gasteiger partial charge in [-0.05, 0) is 6.42 Å². The Morgan fingerprint density at radius 3 is 1.38 bits per heavy atom. The number of hydrogen-bond acceptors (Lipinski definition) is 4. The van der Waals surface area contributed by atoms with Crippen molar-refractivity contribution in [2.45, 2.75) is 13.3 Å². The summed E-state index contributed by atoms with van der Waals surface area (Å²) in [5, 5.41) is 29.4. The van der Waals surface area contributed by atoms with E-state index < -0.39 is 7.32 Å². The van der Waals surface area contributed by atoms with Crippen LogP contribution in [0.5, 0.6) is 0 Å². The van der Waals surface area contributed by atoms with Gasteiger partial charge in [-0.3, -0.25) is 0 Å². The number of rotatable bonds is 1. The van der Waals surface area contributed by atoms with Crippen molar-refractivity contribution in [2.75, 3.05) is 6.61 Å². The van der Waals surface area contributed by atoms with E-state index in [-0.39, 0.29) is 0 Å². The van der Waals surface area contributed by atoms with Gasteiger partial charge in [0.2, 0.25) is 0 Å². The van der Waals surface area contributed by atoms with Crippen molar-refractivity contribution in [2.24, 2.45) is 0 Å². The Bertz CT molecular complexity index is 27.7. The van der Waals surface area contributed by atoms with Crippen LogP contribution >= 0.6 is 0 Å². The average Bonchev–Trinajstić information content (AvgIpc) is 1.65. The summed E-state index contributed by atoms with van der Waals surface area (Å²) in [4.78, 5) is 0. The van der Waals surface area contributed by atoms with Gasteiger partial charge in [0.15, 0.2) is 0 Å². The second-order valence-electron chi connectivity index (χ2n) is 1.07. The number of aliphatic hydroxyl groups is 1. The Balaban J connectivity index is 0. The van der Waals surface area contributed by atoms with Crippen molar-refractivity contribution in [3.8, 4) is 0 Å². The minimum absolute atomic E-state index is 0.319. The zero-order chi connectivity index (χ0) is 6.99. The molecule has 5 heteroatoms. The minimum atomic E-state index is -2.17. The highest BCUT2D eigenvalue weighted by Gasteiger charge is 1.92. The smallest absolute Gasteiger partial charge is 0.402 e. The SMILES string of the molecule is CCCO.OB(O)O. The summed E-state index contributed by atoms with van der Waals surface area (Å²) < 4.78 is 0. The van der Waals surface area contributed by atoms with Gasteiger partial charge >= 0.3 is 7.32 Å².